The van der Waals surface area contributed by atoms with Gasteiger partial charge in [0.25, 0.3) is 0 Å². The molecule has 0 saturated heterocycles. The highest BCUT2D eigenvalue weighted by atomic mass is 16.5. The first kappa shape index (κ1) is 20.6. The number of amides is 2. The molecule has 0 saturated carbocycles. The van der Waals surface area contributed by atoms with Crippen molar-refractivity contribution >= 4 is 35.1 Å². The van der Waals surface area contributed by atoms with Gasteiger partial charge in [0.05, 0.1) is 14.2 Å². The molecular formula is C18H20N2O6. The van der Waals surface area contributed by atoms with Crippen molar-refractivity contribution < 1.29 is 28.7 Å². The second-order valence-electron chi connectivity index (χ2n) is 5.18. The summed E-state index contributed by atoms with van der Waals surface area (Å²) in [5, 5.41) is 5.27. The second-order valence-corrected chi connectivity index (χ2v) is 5.18. The van der Waals surface area contributed by atoms with Gasteiger partial charge >= 0.3 is 11.9 Å². The maximum Gasteiger partial charge on any atom is 0.330 e. The standard InChI is InChI=1S/C18H20N2O6/c1-11-9-13(19-14(21)5-7-16(23)25-3)10-12(2)18(11)20-15(22)6-8-17(24)26-4/h5-10H,1-4H3,(H,19,21)(H,20,22)/b7-5-,8-6-. The van der Waals surface area contributed by atoms with Crippen molar-refractivity contribution in [3.05, 3.63) is 47.6 Å². The number of methoxy groups -OCH3 is 2. The zero-order valence-electron chi connectivity index (χ0n) is 14.9. The highest BCUT2D eigenvalue weighted by molar-refractivity contribution is 6.04. The zero-order valence-corrected chi connectivity index (χ0v) is 14.9. The lowest BCUT2D eigenvalue weighted by Gasteiger charge is -2.13. The van der Waals surface area contributed by atoms with Gasteiger partial charge in [0.2, 0.25) is 11.8 Å². The van der Waals surface area contributed by atoms with E-state index in [2.05, 4.69) is 20.1 Å². The van der Waals surface area contributed by atoms with Crippen LogP contribution in [0, 0.1) is 13.8 Å². The van der Waals surface area contributed by atoms with E-state index in [0.29, 0.717) is 22.5 Å². The molecule has 0 heterocycles. The van der Waals surface area contributed by atoms with E-state index >= 15 is 0 Å². The Hall–Kier alpha value is -3.42. The maximum atomic E-state index is 11.8. The van der Waals surface area contributed by atoms with Gasteiger partial charge < -0.3 is 20.1 Å². The van der Waals surface area contributed by atoms with E-state index in [-0.39, 0.29) is 0 Å². The molecule has 26 heavy (non-hydrogen) atoms. The summed E-state index contributed by atoms with van der Waals surface area (Å²) >= 11 is 0. The molecule has 0 aliphatic carbocycles. The van der Waals surface area contributed by atoms with Gasteiger partial charge in [0, 0.05) is 35.7 Å². The van der Waals surface area contributed by atoms with Crippen molar-refractivity contribution in [3.8, 4) is 0 Å². The topological polar surface area (TPSA) is 111 Å². The quantitative estimate of drug-likeness (QED) is 0.589. The summed E-state index contributed by atoms with van der Waals surface area (Å²) in [4.78, 5) is 45.6. The number of hydrogen-bond acceptors (Lipinski definition) is 6. The molecule has 0 aliphatic heterocycles. The third kappa shape index (κ3) is 6.60. The van der Waals surface area contributed by atoms with Crippen LogP contribution in [-0.4, -0.2) is 38.0 Å². The van der Waals surface area contributed by atoms with Crippen LogP contribution in [0.2, 0.25) is 0 Å². The van der Waals surface area contributed by atoms with E-state index in [1.165, 1.54) is 14.2 Å². The van der Waals surface area contributed by atoms with Crippen LogP contribution in [0.5, 0.6) is 0 Å². The molecule has 0 fully saturated rings. The van der Waals surface area contributed by atoms with Gasteiger partial charge in [-0.2, -0.15) is 0 Å². The minimum Gasteiger partial charge on any atom is -0.466 e. The van der Waals surface area contributed by atoms with Gasteiger partial charge in [0.1, 0.15) is 0 Å². The minimum atomic E-state index is -0.634. The number of esters is 2. The summed E-state index contributed by atoms with van der Waals surface area (Å²) in [6.07, 6.45) is 4.15. The first-order chi connectivity index (χ1) is 12.3. The predicted molar refractivity (Wildman–Crippen MR) is 95.5 cm³/mol. The average Bonchev–Trinajstić information content (AvgIpc) is 2.60. The van der Waals surface area contributed by atoms with Crippen molar-refractivity contribution in [2.45, 2.75) is 13.8 Å². The Bertz CT molecular complexity index is 757. The summed E-state index contributed by atoms with van der Waals surface area (Å²) < 4.78 is 8.82. The van der Waals surface area contributed by atoms with Crippen LogP contribution < -0.4 is 10.6 Å². The number of ether oxygens (including phenoxy) is 2. The molecule has 138 valence electrons. The lowest BCUT2D eigenvalue weighted by atomic mass is 10.1. The molecular weight excluding hydrogens is 340 g/mol. The van der Waals surface area contributed by atoms with Gasteiger partial charge in [-0.25, -0.2) is 9.59 Å². The Morgan fingerprint density at radius 2 is 1.19 bits per heavy atom. The van der Waals surface area contributed by atoms with Crippen LogP contribution in [0.3, 0.4) is 0 Å². The highest BCUT2D eigenvalue weighted by Gasteiger charge is 2.09. The average molecular weight is 360 g/mol. The third-order valence-electron chi connectivity index (χ3n) is 3.19. The molecule has 2 N–H and O–H groups in total. The van der Waals surface area contributed by atoms with Crippen LogP contribution in [0.25, 0.3) is 0 Å². The van der Waals surface area contributed by atoms with E-state index in [1.807, 2.05) is 0 Å². The first-order valence-electron chi connectivity index (χ1n) is 7.52. The van der Waals surface area contributed by atoms with Gasteiger partial charge in [-0.3, -0.25) is 9.59 Å². The Kier molecular flexibility index (Phi) is 7.75. The molecule has 8 nitrogen and oxygen atoms in total. The van der Waals surface area contributed by atoms with Gasteiger partial charge in [0.15, 0.2) is 0 Å². The molecule has 1 rings (SSSR count). The SMILES string of the molecule is COC(=O)/C=C\C(=O)Nc1cc(C)c(NC(=O)/C=C\C(=O)OC)c(C)c1. The third-order valence-corrected chi connectivity index (χ3v) is 3.19. The summed E-state index contributed by atoms with van der Waals surface area (Å²) in [6.45, 7) is 3.51. The minimum absolute atomic E-state index is 0.487. The Labute approximate surface area is 150 Å². The van der Waals surface area contributed by atoms with Crippen molar-refractivity contribution in [2.24, 2.45) is 0 Å². The van der Waals surface area contributed by atoms with E-state index < -0.39 is 23.8 Å². The number of nitrogens with one attached hydrogen (secondary N) is 2. The lowest BCUT2D eigenvalue weighted by molar-refractivity contribution is -0.135. The van der Waals surface area contributed by atoms with Crippen LogP contribution >= 0.6 is 0 Å². The van der Waals surface area contributed by atoms with E-state index in [0.717, 1.165) is 24.3 Å². The molecule has 2 amide bonds. The Balaban J connectivity index is 2.85. The van der Waals surface area contributed by atoms with Crippen molar-refractivity contribution in [1.82, 2.24) is 0 Å². The molecule has 0 aromatic heterocycles. The number of anilines is 2. The molecule has 8 heteroatoms. The van der Waals surface area contributed by atoms with Gasteiger partial charge in [-0.15, -0.1) is 0 Å². The fraction of sp³-hybridized carbons (Fsp3) is 0.222. The number of aryl methyl sites for hydroxylation is 2. The van der Waals surface area contributed by atoms with Gasteiger partial charge in [-0.05, 0) is 37.1 Å². The Morgan fingerprint density at radius 3 is 1.62 bits per heavy atom. The molecule has 1 aromatic rings. The fourth-order valence-corrected chi connectivity index (χ4v) is 2.01. The summed E-state index contributed by atoms with van der Waals surface area (Å²) in [5.74, 6) is -2.25. The maximum absolute atomic E-state index is 11.8. The number of benzene rings is 1. The first-order valence-corrected chi connectivity index (χ1v) is 7.52. The van der Waals surface area contributed by atoms with Crippen LogP contribution in [-0.2, 0) is 28.7 Å². The molecule has 0 spiro atoms. The van der Waals surface area contributed by atoms with Crippen molar-refractivity contribution in [3.63, 3.8) is 0 Å². The number of carbonyl (C=O) groups is 4. The normalized spacial score (nSPS) is 10.6. The van der Waals surface area contributed by atoms with E-state index in [4.69, 9.17) is 0 Å². The smallest absolute Gasteiger partial charge is 0.330 e. The summed E-state index contributed by atoms with van der Waals surface area (Å²) in [6, 6.07) is 3.33. The van der Waals surface area contributed by atoms with E-state index in [1.54, 1.807) is 26.0 Å². The highest BCUT2D eigenvalue weighted by Crippen LogP contribution is 2.25. The Morgan fingerprint density at radius 1 is 0.769 bits per heavy atom. The summed E-state index contributed by atoms with van der Waals surface area (Å²) in [5.41, 5.74) is 2.48. The van der Waals surface area contributed by atoms with Crippen LogP contribution in [0.4, 0.5) is 11.4 Å². The van der Waals surface area contributed by atoms with Crippen molar-refractivity contribution in [2.75, 3.05) is 24.9 Å². The molecule has 0 unspecified atom stereocenters. The van der Waals surface area contributed by atoms with Crippen LogP contribution in [0.1, 0.15) is 11.1 Å². The summed E-state index contributed by atoms with van der Waals surface area (Å²) in [7, 11) is 2.43. The number of hydrogen-bond donors (Lipinski definition) is 2. The molecule has 0 aliphatic rings. The molecule has 0 atom stereocenters. The molecule has 0 bridgehead atoms. The zero-order chi connectivity index (χ0) is 19.7. The number of rotatable bonds is 6. The second kappa shape index (κ2) is 9.77. The fourth-order valence-electron chi connectivity index (χ4n) is 2.01. The largest absolute Gasteiger partial charge is 0.466 e. The van der Waals surface area contributed by atoms with Crippen LogP contribution in [0.15, 0.2) is 36.4 Å². The molecule has 1 aromatic carbocycles. The van der Waals surface area contributed by atoms with E-state index in [9.17, 15) is 19.2 Å². The molecule has 0 radical (unpaired) electrons. The monoisotopic (exact) mass is 360 g/mol. The van der Waals surface area contributed by atoms with Crippen molar-refractivity contribution in [1.29, 1.82) is 0 Å². The number of carbonyl (C=O) groups excluding carboxylic acids is 4. The van der Waals surface area contributed by atoms with Gasteiger partial charge in [-0.1, -0.05) is 0 Å². The lowest BCUT2D eigenvalue weighted by Crippen LogP contribution is -2.13. The predicted octanol–water partition coefficient (Wildman–Crippen LogP) is 1.64.